The van der Waals surface area contributed by atoms with E-state index in [0.29, 0.717) is 21.7 Å². The number of amides is 1. The molecule has 0 atom stereocenters. The fourth-order valence-electron chi connectivity index (χ4n) is 2.70. The Morgan fingerprint density at radius 1 is 1.03 bits per heavy atom. The second kappa shape index (κ2) is 9.51. The molecule has 1 aliphatic heterocycles. The zero-order valence-corrected chi connectivity index (χ0v) is 18.8. The number of ether oxygens (including phenoxy) is 1. The Hall–Kier alpha value is -2.54. The van der Waals surface area contributed by atoms with Crippen LogP contribution in [0.4, 0.5) is 5.69 Å². The van der Waals surface area contributed by atoms with Crippen LogP contribution < -0.4 is 10.1 Å². The first-order chi connectivity index (χ1) is 14.6. The van der Waals surface area contributed by atoms with Crippen molar-refractivity contribution in [2.24, 2.45) is 4.99 Å². The lowest BCUT2D eigenvalue weighted by molar-refractivity contribution is -0.115. The van der Waals surface area contributed by atoms with Gasteiger partial charge in [-0.25, -0.2) is 4.99 Å². The first-order valence-corrected chi connectivity index (χ1v) is 11.1. The highest BCUT2D eigenvalue weighted by molar-refractivity contribution is 9.10. The van der Waals surface area contributed by atoms with E-state index in [1.165, 1.54) is 11.8 Å². The monoisotopic (exact) mass is 498 g/mol. The minimum Gasteiger partial charge on any atom is -0.489 e. The summed E-state index contributed by atoms with van der Waals surface area (Å²) in [5, 5.41) is 4.05. The van der Waals surface area contributed by atoms with Crippen molar-refractivity contribution in [2.75, 3.05) is 0 Å². The van der Waals surface area contributed by atoms with Gasteiger partial charge in [0.05, 0.1) is 10.6 Å². The van der Waals surface area contributed by atoms with Gasteiger partial charge in [-0.2, -0.15) is 0 Å². The van der Waals surface area contributed by atoms with Crippen LogP contribution in [0.5, 0.6) is 5.75 Å². The van der Waals surface area contributed by atoms with Crippen LogP contribution in [0.2, 0.25) is 5.02 Å². The van der Waals surface area contributed by atoms with Crippen molar-refractivity contribution in [1.82, 2.24) is 5.32 Å². The summed E-state index contributed by atoms with van der Waals surface area (Å²) in [5.74, 6) is 0.577. The molecule has 4 nitrogen and oxygen atoms in total. The lowest BCUT2D eigenvalue weighted by Gasteiger charge is -2.08. The fraction of sp³-hybridized carbons (Fsp3) is 0.0435. The standard InChI is InChI=1S/C23H16BrClN2O2S/c24-17-7-9-18(10-8-17)26-23-27-22(28)21(30-23)13-15-5-11-19(12-6-15)29-14-16-3-1-2-4-20(16)25/h1-13H,14H2,(H,26,27,28)/b21-13-. The van der Waals surface area contributed by atoms with Crippen molar-refractivity contribution in [3.63, 3.8) is 0 Å². The Labute approximate surface area is 192 Å². The van der Waals surface area contributed by atoms with Gasteiger partial charge in [0.25, 0.3) is 5.91 Å². The topological polar surface area (TPSA) is 50.7 Å². The molecule has 0 aromatic heterocycles. The van der Waals surface area contributed by atoms with Crippen molar-refractivity contribution in [2.45, 2.75) is 6.61 Å². The molecule has 1 heterocycles. The number of carbonyl (C=O) groups is 1. The number of aliphatic imine (C=N–C) groups is 1. The molecule has 1 fully saturated rings. The number of thioether (sulfide) groups is 1. The van der Waals surface area contributed by atoms with Gasteiger partial charge in [-0.3, -0.25) is 4.79 Å². The zero-order valence-electron chi connectivity index (χ0n) is 15.6. The highest BCUT2D eigenvalue weighted by Crippen LogP contribution is 2.29. The summed E-state index contributed by atoms with van der Waals surface area (Å²) in [5.41, 5.74) is 2.62. The summed E-state index contributed by atoms with van der Waals surface area (Å²) in [4.78, 5) is 17.3. The number of nitrogens with zero attached hydrogens (tertiary/aromatic N) is 1. The Kier molecular flexibility index (Phi) is 6.57. The normalized spacial score (nSPS) is 16.1. The number of rotatable bonds is 5. The molecule has 30 heavy (non-hydrogen) atoms. The van der Waals surface area contributed by atoms with Crippen LogP contribution >= 0.6 is 39.3 Å². The summed E-state index contributed by atoms with van der Waals surface area (Å²) in [7, 11) is 0. The van der Waals surface area contributed by atoms with E-state index in [9.17, 15) is 4.79 Å². The predicted octanol–water partition coefficient (Wildman–Crippen LogP) is 6.57. The maximum atomic E-state index is 12.3. The average Bonchev–Trinajstić information content (AvgIpc) is 3.09. The van der Waals surface area contributed by atoms with Crippen LogP contribution in [0, 0.1) is 0 Å². The number of benzene rings is 3. The molecule has 0 saturated carbocycles. The summed E-state index contributed by atoms with van der Waals surface area (Å²) < 4.78 is 6.78. The molecule has 0 radical (unpaired) electrons. The number of nitrogens with one attached hydrogen (secondary N) is 1. The van der Waals surface area contributed by atoms with Crippen molar-refractivity contribution in [3.8, 4) is 5.75 Å². The summed E-state index contributed by atoms with van der Waals surface area (Å²) in [6.07, 6.45) is 1.84. The van der Waals surface area contributed by atoms with E-state index in [4.69, 9.17) is 16.3 Å². The largest absolute Gasteiger partial charge is 0.489 e. The third kappa shape index (κ3) is 5.33. The van der Waals surface area contributed by atoms with Gasteiger partial charge in [-0.15, -0.1) is 0 Å². The first-order valence-electron chi connectivity index (χ1n) is 9.08. The van der Waals surface area contributed by atoms with Gasteiger partial charge in [0.2, 0.25) is 0 Å². The number of hydrogen-bond donors (Lipinski definition) is 1. The third-order valence-electron chi connectivity index (χ3n) is 4.24. The number of hydrogen-bond acceptors (Lipinski definition) is 4. The van der Waals surface area contributed by atoms with Gasteiger partial charge in [-0.1, -0.05) is 57.9 Å². The molecule has 3 aromatic carbocycles. The molecule has 0 unspecified atom stereocenters. The van der Waals surface area contributed by atoms with E-state index in [1.807, 2.05) is 78.9 Å². The van der Waals surface area contributed by atoms with Crippen LogP contribution in [-0.2, 0) is 11.4 Å². The highest BCUT2D eigenvalue weighted by atomic mass is 79.9. The van der Waals surface area contributed by atoms with Crippen LogP contribution in [0.15, 0.2) is 87.2 Å². The van der Waals surface area contributed by atoms with Crippen LogP contribution in [0.25, 0.3) is 6.08 Å². The van der Waals surface area contributed by atoms with Crippen LogP contribution in [-0.4, -0.2) is 11.1 Å². The molecule has 1 amide bonds. The van der Waals surface area contributed by atoms with Gasteiger partial charge in [0, 0.05) is 15.1 Å². The molecule has 1 aliphatic rings. The van der Waals surface area contributed by atoms with E-state index in [-0.39, 0.29) is 5.91 Å². The molecule has 0 aliphatic carbocycles. The quantitative estimate of drug-likeness (QED) is 0.404. The lowest BCUT2D eigenvalue weighted by Crippen LogP contribution is -2.19. The second-order valence-electron chi connectivity index (χ2n) is 6.41. The maximum Gasteiger partial charge on any atom is 0.264 e. The highest BCUT2D eigenvalue weighted by Gasteiger charge is 2.23. The molecule has 0 bridgehead atoms. The molecule has 0 spiro atoms. The smallest absolute Gasteiger partial charge is 0.264 e. The third-order valence-corrected chi connectivity index (χ3v) is 6.05. The Bertz CT molecular complexity index is 1130. The zero-order chi connectivity index (χ0) is 20.9. The summed E-state index contributed by atoms with van der Waals surface area (Å²) in [6, 6.07) is 22.7. The number of amidine groups is 1. The second-order valence-corrected chi connectivity index (χ2v) is 8.76. The molecule has 4 rings (SSSR count). The van der Waals surface area contributed by atoms with Crippen molar-refractivity contribution >= 4 is 62.1 Å². The van der Waals surface area contributed by atoms with Crippen molar-refractivity contribution in [3.05, 3.63) is 98.3 Å². The van der Waals surface area contributed by atoms with Crippen molar-refractivity contribution in [1.29, 1.82) is 0 Å². The van der Waals surface area contributed by atoms with E-state index in [2.05, 4.69) is 26.2 Å². The average molecular weight is 500 g/mol. The summed E-state index contributed by atoms with van der Waals surface area (Å²) >= 11 is 10.9. The molecule has 1 saturated heterocycles. The summed E-state index contributed by atoms with van der Waals surface area (Å²) in [6.45, 7) is 0.397. The first kappa shape index (κ1) is 20.7. The van der Waals surface area contributed by atoms with Gasteiger partial charge in [0.1, 0.15) is 12.4 Å². The van der Waals surface area contributed by atoms with Gasteiger partial charge in [-0.05, 0) is 65.9 Å². The van der Waals surface area contributed by atoms with E-state index in [0.717, 1.165) is 27.0 Å². The van der Waals surface area contributed by atoms with Gasteiger partial charge < -0.3 is 10.1 Å². The lowest BCUT2D eigenvalue weighted by atomic mass is 10.2. The van der Waals surface area contributed by atoms with Crippen molar-refractivity contribution < 1.29 is 9.53 Å². The Balaban J connectivity index is 1.41. The van der Waals surface area contributed by atoms with Crippen LogP contribution in [0.3, 0.4) is 0 Å². The SMILES string of the molecule is O=C1NC(=Nc2ccc(Br)cc2)S/C1=C\c1ccc(OCc2ccccc2Cl)cc1. The van der Waals surface area contributed by atoms with Gasteiger partial charge >= 0.3 is 0 Å². The molecule has 150 valence electrons. The Morgan fingerprint density at radius 3 is 2.50 bits per heavy atom. The maximum absolute atomic E-state index is 12.3. The predicted molar refractivity (Wildman–Crippen MR) is 127 cm³/mol. The van der Waals surface area contributed by atoms with E-state index in [1.54, 1.807) is 0 Å². The Morgan fingerprint density at radius 2 is 1.77 bits per heavy atom. The fourth-order valence-corrected chi connectivity index (χ4v) is 4.00. The molecular weight excluding hydrogens is 484 g/mol. The van der Waals surface area contributed by atoms with Crippen LogP contribution in [0.1, 0.15) is 11.1 Å². The minimum atomic E-state index is -0.157. The number of carbonyl (C=O) groups excluding carboxylic acids is 1. The number of halogens is 2. The van der Waals surface area contributed by atoms with E-state index >= 15 is 0 Å². The van der Waals surface area contributed by atoms with E-state index < -0.39 is 0 Å². The minimum absolute atomic E-state index is 0.157. The molecule has 7 heteroatoms. The molecule has 1 N–H and O–H groups in total. The van der Waals surface area contributed by atoms with Gasteiger partial charge in [0.15, 0.2) is 5.17 Å². The molecule has 3 aromatic rings. The molecular formula is C23H16BrClN2O2S.